The molecule has 0 unspecified atom stereocenters. The molecule has 6 nitrogen and oxygen atoms in total. The number of carboxylic acid groups (broad SMARTS) is 1. The zero-order valence-electron chi connectivity index (χ0n) is 11.6. The minimum absolute atomic E-state index is 0.194. The number of aromatic carboxylic acids is 1. The lowest BCUT2D eigenvalue weighted by Gasteiger charge is -2.06. The Balaban J connectivity index is 1.99. The first kappa shape index (κ1) is 14.2. The molecule has 0 aliphatic rings. The van der Waals surface area contributed by atoms with E-state index in [1.165, 1.54) is 10.9 Å². The molecule has 0 spiro atoms. The molecule has 0 amide bonds. The zero-order valence-corrected chi connectivity index (χ0v) is 12.3. The Morgan fingerprint density at radius 2 is 1.82 bits per heavy atom. The van der Waals surface area contributed by atoms with Crippen LogP contribution < -0.4 is 0 Å². The second kappa shape index (κ2) is 5.57. The van der Waals surface area contributed by atoms with E-state index < -0.39 is 5.97 Å². The van der Waals surface area contributed by atoms with Crippen molar-refractivity contribution in [1.29, 1.82) is 0 Å². The molecular formula is C15H11ClN4O2. The highest BCUT2D eigenvalue weighted by atomic mass is 35.5. The van der Waals surface area contributed by atoms with E-state index in [4.69, 9.17) is 16.7 Å². The van der Waals surface area contributed by atoms with Gasteiger partial charge in [0, 0.05) is 16.1 Å². The third kappa shape index (κ3) is 2.68. The van der Waals surface area contributed by atoms with Crippen molar-refractivity contribution in [3.63, 3.8) is 0 Å². The highest BCUT2D eigenvalue weighted by molar-refractivity contribution is 6.33. The fourth-order valence-electron chi connectivity index (χ4n) is 2.08. The number of nitrogens with zero attached hydrogens (tertiary/aromatic N) is 4. The van der Waals surface area contributed by atoms with Crippen molar-refractivity contribution >= 4 is 17.6 Å². The standard InChI is InChI=1S/C15H11ClN4O2/c1-20-18-14(17-19-20)10-4-2-9(3-5-10)12-8-11(15(21)22)6-7-13(12)16/h2-8H,1H3,(H,21,22). The lowest BCUT2D eigenvalue weighted by molar-refractivity contribution is 0.0697. The predicted octanol–water partition coefficient (Wildman–Crippen LogP) is 2.90. The van der Waals surface area contributed by atoms with Gasteiger partial charge in [-0.25, -0.2) is 4.79 Å². The number of tetrazole rings is 1. The molecular weight excluding hydrogens is 304 g/mol. The first-order valence-electron chi connectivity index (χ1n) is 6.42. The van der Waals surface area contributed by atoms with Gasteiger partial charge in [-0.3, -0.25) is 0 Å². The Labute approximate surface area is 131 Å². The van der Waals surface area contributed by atoms with Crippen molar-refractivity contribution in [2.75, 3.05) is 0 Å². The molecule has 0 aliphatic carbocycles. The molecule has 0 radical (unpaired) electrons. The van der Waals surface area contributed by atoms with E-state index >= 15 is 0 Å². The van der Waals surface area contributed by atoms with Gasteiger partial charge in [0.25, 0.3) is 0 Å². The van der Waals surface area contributed by atoms with Gasteiger partial charge in [0.15, 0.2) is 0 Å². The van der Waals surface area contributed by atoms with Crippen LogP contribution in [0.5, 0.6) is 0 Å². The summed E-state index contributed by atoms with van der Waals surface area (Å²) < 4.78 is 0. The first-order valence-corrected chi connectivity index (χ1v) is 6.80. The van der Waals surface area contributed by atoms with Crippen LogP contribution in [0, 0.1) is 0 Å². The Morgan fingerprint density at radius 1 is 1.14 bits per heavy atom. The number of hydrogen-bond acceptors (Lipinski definition) is 4. The van der Waals surface area contributed by atoms with Crippen molar-refractivity contribution < 1.29 is 9.90 Å². The van der Waals surface area contributed by atoms with Gasteiger partial charge < -0.3 is 5.11 Å². The van der Waals surface area contributed by atoms with Crippen LogP contribution in [0.25, 0.3) is 22.5 Å². The van der Waals surface area contributed by atoms with Crippen LogP contribution in [0.2, 0.25) is 5.02 Å². The zero-order chi connectivity index (χ0) is 15.7. The maximum Gasteiger partial charge on any atom is 0.335 e. The van der Waals surface area contributed by atoms with Crippen molar-refractivity contribution in [3.05, 3.63) is 53.1 Å². The first-order chi connectivity index (χ1) is 10.5. The second-order valence-electron chi connectivity index (χ2n) is 4.68. The lowest BCUT2D eigenvalue weighted by Crippen LogP contribution is -1.96. The van der Waals surface area contributed by atoms with Crippen molar-refractivity contribution in [2.45, 2.75) is 0 Å². The van der Waals surface area contributed by atoms with Crippen LogP contribution in [-0.2, 0) is 7.05 Å². The van der Waals surface area contributed by atoms with Crippen LogP contribution >= 0.6 is 11.6 Å². The van der Waals surface area contributed by atoms with Gasteiger partial charge in [0.1, 0.15) is 0 Å². The second-order valence-corrected chi connectivity index (χ2v) is 5.09. The molecule has 7 heteroatoms. The summed E-state index contributed by atoms with van der Waals surface area (Å²) in [6, 6.07) is 12.0. The highest BCUT2D eigenvalue weighted by Gasteiger charge is 2.10. The minimum atomic E-state index is -0.988. The third-order valence-corrected chi connectivity index (χ3v) is 3.51. The number of carboxylic acids is 1. The summed E-state index contributed by atoms with van der Waals surface area (Å²) in [4.78, 5) is 12.5. The molecule has 22 heavy (non-hydrogen) atoms. The average Bonchev–Trinajstić information content (AvgIpc) is 2.94. The summed E-state index contributed by atoms with van der Waals surface area (Å²) in [5.41, 5.74) is 2.50. The van der Waals surface area contributed by atoms with Gasteiger partial charge in [-0.15, -0.1) is 10.2 Å². The van der Waals surface area contributed by atoms with E-state index in [1.54, 1.807) is 19.2 Å². The maximum absolute atomic E-state index is 11.1. The molecule has 0 atom stereocenters. The third-order valence-electron chi connectivity index (χ3n) is 3.18. The number of halogens is 1. The monoisotopic (exact) mass is 314 g/mol. The molecule has 0 aliphatic heterocycles. The Bertz CT molecular complexity index is 843. The molecule has 0 fully saturated rings. The molecule has 1 heterocycles. The normalized spacial score (nSPS) is 10.6. The molecule has 0 saturated heterocycles. The van der Waals surface area contributed by atoms with E-state index in [2.05, 4.69) is 15.4 Å². The van der Waals surface area contributed by atoms with E-state index in [-0.39, 0.29) is 5.56 Å². The van der Waals surface area contributed by atoms with Crippen molar-refractivity contribution in [1.82, 2.24) is 20.2 Å². The molecule has 1 N–H and O–H groups in total. The Hall–Kier alpha value is -2.73. The lowest BCUT2D eigenvalue weighted by atomic mass is 10.0. The van der Waals surface area contributed by atoms with Crippen LogP contribution in [0.15, 0.2) is 42.5 Å². The van der Waals surface area contributed by atoms with Crippen LogP contribution in [0.4, 0.5) is 0 Å². The molecule has 3 rings (SSSR count). The summed E-state index contributed by atoms with van der Waals surface area (Å²) in [6.07, 6.45) is 0. The predicted molar refractivity (Wildman–Crippen MR) is 81.6 cm³/mol. The minimum Gasteiger partial charge on any atom is -0.478 e. The quantitative estimate of drug-likeness (QED) is 0.804. The van der Waals surface area contributed by atoms with Crippen molar-refractivity contribution in [2.24, 2.45) is 7.05 Å². The van der Waals surface area contributed by atoms with Gasteiger partial charge in [-0.2, -0.15) is 4.80 Å². The van der Waals surface area contributed by atoms with E-state index in [9.17, 15) is 4.79 Å². The topological polar surface area (TPSA) is 80.9 Å². The molecule has 0 bridgehead atoms. The number of hydrogen-bond donors (Lipinski definition) is 1. The molecule has 0 saturated carbocycles. The van der Waals surface area contributed by atoms with Crippen molar-refractivity contribution in [3.8, 4) is 22.5 Å². The maximum atomic E-state index is 11.1. The van der Waals surface area contributed by atoms with Crippen LogP contribution in [0.1, 0.15) is 10.4 Å². The van der Waals surface area contributed by atoms with E-state index in [0.717, 1.165) is 11.1 Å². The number of aryl methyl sites for hydroxylation is 1. The number of aromatic nitrogens is 4. The summed E-state index contributed by atoms with van der Waals surface area (Å²) in [7, 11) is 1.70. The van der Waals surface area contributed by atoms with Gasteiger partial charge in [-0.05, 0) is 29.0 Å². The van der Waals surface area contributed by atoms with Gasteiger partial charge in [0.2, 0.25) is 5.82 Å². The summed E-state index contributed by atoms with van der Waals surface area (Å²) >= 11 is 6.16. The smallest absolute Gasteiger partial charge is 0.335 e. The highest BCUT2D eigenvalue weighted by Crippen LogP contribution is 2.30. The average molecular weight is 315 g/mol. The molecule has 2 aromatic carbocycles. The largest absolute Gasteiger partial charge is 0.478 e. The number of rotatable bonds is 3. The fraction of sp³-hybridized carbons (Fsp3) is 0.0667. The van der Waals surface area contributed by atoms with Crippen LogP contribution in [-0.4, -0.2) is 31.3 Å². The van der Waals surface area contributed by atoms with Gasteiger partial charge in [0.05, 0.1) is 12.6 Å². The molecule has 110 valence electrons. The number of benzene rings is 2. The van der Waals surface area contributed by atoms with Gasteiger partial charge >= 0.3 is 5.97 Å². The van der Waals surface area contributed by atoms with E-state index in [1.807, 2.05) is 24.3 Å². The van der Waals surface area contributed by atoms with Crippen LogP contribution in [0.3, 0.4) is 0 Å². The summed E-state index contributed by atoms with van der Waals surface area (Å²) in [6.45, 7) is 0. The Morgan fingerprint density at radius 3 is 2.41 bits per heavy atom. The summed E-state index contributed by atoms with van der Waals surface area (Å²) in [5, 5.41) is 21.4. The Kier molecular flexibility index (Phi) is 3.60. The number of carbonyl (C=O) groups is 1. The van der Waals surface area contributed by atoms with E-state index in [0.29, 0.717) is 16.4 Å². The molecule has 3 aromatic rings. The summed E-state index contributed by atoms with van der Waals surface area (Å²) in [5.74, 6) is -0.460. The van der Waals surface area contributed by atoms with Gasteiger partial charge in [-0.1, -0.05) is 35.9 Å². The SMILES string of the molecule is Cn1nnc(-c2ccc(-c3cc(C(=O)O)ccc3Cl)cc2)n1. The molecule has 1 aromatic heterocycles. The fourth-order valence-corrected chi connectivity index (χ4v) is 2.30.